The number of rotatable bonds is 21. The molecule has 12 nitrogen and oxygen atoms in total. The van der Waals surface area contributed by atoms with E-state index in [1.807, 2.05) is 41.5 Å². The van der Waals surface area contributed by atoms with E-state index in [-0.39, 0.29) is 18.0 Å². The largest absolute Gasteiger partial charge is 0.459 e. The molecule has 6 aliphatic carbocycles. The van der Waals surface area contributed by atoms with Gasteiger partial charge in [0, 0.05) is 108 Å². The van der Waals surface area contributed by atoms with Crippen LogP contribution in [0.4, 0.5) is 0 Å². The van der Waals surface area contributed by atoms with Gasteiger partial charge in [0.05, 0.1) is 12.2 Å². The van der Waals surface area contributed by atoms with Crippen molar-refractivity contribution in [1.82, 2.24) is 30.2 Å². The summed E-state index contributed by atoms with van der Waals surface area (Å²) in [7, 11) is 0. The van der Waals surface area contributed by atoms with Gasteiger partial charge in [-0.2, -0.15) is 0 Å². The Morgan fingerprint density at radius 2 is 1.06 bits per heavy atom. The number of unbranched alkanes of at least 4 members (excludes halogenated alkanes) is 2. The first kappa shape index (κ1) is 60.0. The van der Waals surface area contributed by atoms with Crippen molar-refractivity contribution in [3.05, 3.63) is 116 Å². The van der Waals surface area contributed by atoms with E-state index in [0.29, 0.717) is 29.8 Å². The first-order valence-electron chi connectivity index (χ1n) is 31.9. The SMILES string of the molecule is CC(C)(C)OC(=O)C(Br)c1ccc(C2CC2)nc1C1CC1.CC(C)(C)OC(=O)C(c1ccc(C2CC2)nc1C1CC1)N1CC[C@@H](OCCCCc2ccc3c(n2)CCCC3)C1.c1cc2c(nc1CCCCO[C@@H]1CCNC1)CCCC2. The number of aromatic nitrogens is 4. The summed E-state index contributed by atoms with van der Waals surface area (Å²) in [6, 6.07) is 17.1. The number of alkyl halides is 1. The van der Waals surface area contributed by atoms with Gasteiger partial charge in [0.15, 0.2) is 0 Å². The fourth-order valence-electron chi connectivity index (χ4n) is 12.1. The molecule has 0 spiro atoms. The van der Waals surface area contributed by atoms with Crippen molar-refractivity contribution in [2.75, 3.05) is 39.4 Å². The number of pyridine rings is 4. The number of nitrogens with zero attached hydrogens (tertiary/aromatic N) is 5. The van der Waals surface area contributed by atoms with Crippen LogP contribution in [-0.2, 0) is 67.1 Å². The minimum atomic E-state index is -0.529. The minimum absolute atomic E-state index is 0.148. The second-order valence-corrected chi connectivity index (χ2v) is 27.7. The van der Waals surface area contributed by atoms with E-state index >= 15 is 0 Å². The van der Waals surface area contributed by atoms with Crippen LogP contribution in [0.15, 0.2) is 48.5 Å². The van der Waals surface area contributed by atoms with Crippen molar-refractivity contribution in [3.8, 4) is 0 Å². The Kier molecular flexibility index (Phi) is 20.5. The number of fused-ring (bicyclic) bond motifs is 2. The Morgan fingerprint density at radius 1 is 0.568 bits per heavy atom. The predicted molar refractivity (Wildman–Crippen MR) is 323 cm³/mol. The maximum Gasteiger partial charge on any atom is 0.328 e. The molecular formula is C68H95BrN6O6. The monoisotopic (exact) mass is 1170 g/mol. The molecule has 8 aliphatic rings. The van der Waals surface area contributed by atoms with Crippen molar-refractivity contribution in [3.63, 3.8) is 0 Å². The summed E-state index contributed by atoms with van der Waals surface area (Å²) in [6.07, 6.45) is 28.9. The van der Waals surface area contributed by atoms with Crippen LogP contribution in [0.25, 0.3) is 0 Å². The van der Waals surface area contributed by atoms with E-state index in [0.717, 1.165) is 107 Å². The van der Waals surface area contributed by atoms with E-state index in [4.69, 9.17) is 38.9 Å². The van der Waals surface area contributed by atoms with E-state index < -0.39 is 22.1 Å². The molecular weight excluding hydrogens is 1080 g/mol. The summed E-state index contributed by atoms with van der Waals surface area (Å²) in [6.45, 7) is 16.9. The summed E-state index contributed by atoms with van der Waals surface area (Å²) in [5, 5.41) is 3.33. The highest BCUT2D eigenvalue weighted by Crippen LogP contribution is 2.48. The number of nitrogens with one attached hydrogen (secondary N) is 1. The molecule has 4 saturated carbocycles. The van der Waals surface area contributed by atoms with Gasteiger partial charge >= 0.3 is 11.9 Å². The Labute approximate surface area is 493 Å². The molecule has 13 heteroatoms. The maximum atomic E-state index is 13.7. The number of halogens is 1. The first-order chi connectivity index (χ1) is 39.1. The molecule has 12 rings (SSSR count). The number of aryl methyl sites for hydroxylation is 6. The summed E-state index contributed by atoms with van der Waals surface area (Å²) in [5.74, 6) is 1.88. The average molecular weight is 1170 g/mol. The molecule has 2 saturated heterocycles. The quantitative estimate of drug-likeness (QED) is 0.0483. The van der Waals surface area contributed by atoms with Crippen LogP contribution in [0.1, 0.15) is 259 Å². The molecule has 4 aromatic rings. The standard InChI is InChI=1S/C34H47N3O3.C17H22BrNO2.C17H26N2O/c1-34(2,3)40-33(38)32(28-17-18-30(24-11-12-24)36-31(28)25-13-14-25)37-20-19-27(22-37)39-21-7-6-9-26-16-15-23-8-4-5-10-29(23)35-26;1-17(2,3)21-16(20)14(18)12-8-9-13(10-4-5-10)19-15(12)11-6-7-11;1-2-7-17-14(5-1)8-9-15(19-17)6-3-4-12-20-16-10-11-18-13-16/h15-18,24-25,27,32H,4-14,19-22H2,1-3H3;8-11,14H,4-7H2,1-3H3;8-9,16,18H,1-7,10-13H2/t27-,32?;;16-/m1.1/s1. The van der Waals surface area contributed by atoms with Crippen molar-refractivity contribution in [2.24, 2.45) is 0 Å². The third-order valence-corrected chi connectivity index (χ3v) is 17.9. The summed E-state index contributed by atoms with van der Waals surface area (Å²) in [5.41, 5.74) is 13.8. The molecule has 0 radical (unpaired) electrons. The number of hydrogen-bond acceptors (Lipinski definition) is 12. The molecule has 81 heavy (non-hydrogen) atoms. The van der Waals surface area contributed by atoms with Crippen molar-refractivity contribution in [2.45, 2.75) is 254 Å². The minimum Gasteiger partial charge on any atom is -0.459 e. The lowest BCUT2D eigenvalue weighted by Gasteiger charge is -2.31. The lowest BCUT2D eigenvalue weighted by Crippen LogP contribution is -2.38. The Hall–Kier alpha value is -4.14. The zero-order chi connectivity index (χ0) is 56.5. The second-order valence-electron chi connectivity index (χ2n) is 26.8. The van der Waals surface area contributed by atoms with Crippen LogP contribution in [0.2, 0.25) is 0 Å². The second kappa shape index (κ2) is 27.7. The molecule has 4 aromatic heterocycles. The molecule has 6 fully saturated rings. The molecule has 0 amide bonds. The van der Waals surface area contributed by atoms with E-state index in [2.05, 4.69) is 74.7 Å². The van der Waals surface area contributed by atoms with Crippen LogP contribution in [0.3, 0.4) is 0 Å². The molecule has 0 aromatic carbocycles. The van der Waals surface area contributed by atoms with Crippen LogP contribution in [0.5, 0.6) is 0 Å². The van der Waals surface area contributed by atoms with Gasteiger partial charge in [-0.25, -0.2) is 4.79 Å². The normalized spacial score (nSPS) is 21.6. The number of carbonyl (C=O) groups is 2. The van der Waals surface area contributed by atoms with Gasteiger partial charge < -0.3 is 24.3 Å². The van der Waals surface area contributed by atoms with Gasteiger partial charge in [0.1, 0.15) is 22.1 Å². The molecule has 4 atom stereocenters. The topological polar surface area (TPSA) is 138 Å². The van der Waals surface area contributed by atoms with Gasteiger partial charge in [-0.05, 0) is 243 Å². The lowest BCUT2D eigenvalue weighted by molar-refractivity contribution is -0.161. The third kappa shape index (κ3) is 17.9. The summed E-state index contributed by atoms with van der Waals surface area (Å²) < 4.78 is 23.7. The van der Waals surface area contributed by atoms with Gasteiger partial charge in [0.25, 0.3) is 0 Å². The summed E-state index contributed by atoms with van der Waals surface area (Å²) in [4.78, 5) is 47.6. The van der Waals surface area contributed by atoms with Gasteiger partial charge in [0.2, 0.25) is 0 Å². The van der Waals surface area contributed by atoms with Gasteiger partial charge in [-0.3, -0.25) is 29.6 Å². The van der Waals surface area contributed by atoms with Crippen LogP contribution >= 0.6 is 15.9 Å². The number of likely N-dealkylation sites (tertiary alicyclic amines) is 1. The molecule has 2 aliphatic heterocycles. The molecule has 0 bridgehead atoms. The Bertz CT molecular complexity index is 2730. The number of hydrogen-bond donors (Lipinski definition) is 1. The van der Waals surface area contributed by atoms with Crippen molar-refractivity contribution in [1.29, 1.82) is 0 Å². The van der Waals surface area contributed by atoms with E-state index in [9.17, 15) is 9.59 Å². The fraction of sp³-hybridized carbons (Fsp3) is 0.676. The lowest BCUT2D eigenvalue weighted by atomic mass is 9.95. The van der Waals surface area contributed by atoms with Crippen molar-refractivity contribution < 1.29 is 28.5 Å². The molecule has 6 heterocycles. The van der Waals surface area contributed by atoms with E-state index in [1.54, 1.807) is 0 Å². The average Bonchev–Trinajstić information content (AvgIpc) is 4.30. The number of ether oxygens (including phenoxy) is 4. The van der Waals surface area contributed by atoms with Crippen molar-refractivity contribution >= 4 is 27.9 Å². The zero-order valence-electron chi connectivity index (χ0n) is 50.0. The molecule has 1 N–H and O–H groups in total. The highest BCUT2D eigenvalue weighted by Gasteiger charge is 2.42. The molecule has 440 valence electrons. The number of esters is 2. The summed E-state index contributed by atoms with van der Waals surface area (Å²) >= 11 is 3.51. The van der Waals surface area contributed by atoms with E-state index in [1.165, 1.54) is 154 Å². The fourth-order valence-corrected chi connectivity index (χ4v) is 12.6. The predicted octanol–water partition coefficient (Wildman–Crippen LogP) is 13.9. The molecule has 2 unspecified atom stereocenters. The van der Waals surface area contributed by atoms with Crippen LogP contribution in [-0.4, -0.2) is 99.6 Å². The van der Waals surface area contributed by atoms with Gasteiger partial charge in [-0.1, -0.05) is 40.2 Å². The van der Waals surface area contributed by atoms with Crippen LogP contribution in [0, 0.1) is 0 Å². The third-order valence-electron chi connectivity index (χ3n) is 17.1. The Balaban J connectivity index is 0.000000151. The highest BCUT2D eigenvalue weighted by molar-refractivity contribution is 9.09. The maximum absolute atomic E-state index is 13.7. The van der Waals surface area contributed by atoms with Crippen LogP contribution < -0.4 is 5.32 Å². The first-order valence-corrected chi connectivity index (χ1v) is 32.8. The number of carbonyl (C=O) groups excluding carboxylic acids is 2. The van der Waals surface area contributed by atoms with Gasteiger partial charge in [-0.15, -0.1) is 0 Å². The Morgan fingerprint density at radius 3 is 1.57 bits per heavy atom. The smallest absolute Gasteiger partial charge is 0.328 e. The zero-order valence-corrected chi connectivity index (χ0v) is 51.6. The highest BCUT2D eigenvalue weighted by atomic mass is 79.9.